The fraction of sp³-hybridized carbons (Fsp3) is 0.364. The summed E-state index contributed by atoms with van der Waals surface area (Å²) >= 11 is 0. The first-order valence-corrected chi connectivity index (χ1v) is 5.48. The summed E-state index contributed by atoms with van der Waals surface area (Å²) in [6.45, 7) is -0.540. The minimum Gasteiger partial charge on any atom is -0.505 e. The van der Waals surface area contributed by atoms with Gasteiger partial charge in [-0.1, -0.05) is 5.16 Å². The Balaban J connectivity index is 1.94. The highest BCUT2D eigenvalue weighted by molar-refractivity contribution is 5.60. The van der Waals surface area contributed by atoms with Crippen molar-refractivity contribution in [1.82, 2.24) is 15.1 Å². The minimum absolute atomic E-state index is 0.0750. The minimum atomic E-state index is -2.49. The summed E-state index contributed by atoms with van der Waals surface area (Å²) in [4.78, 5) is 7.75. The zero-order valence-electron chi connectivity index (χ0n) is 9.79. The molecule has 0 spiro atoms. The molecule has 2 aromatic rings. The van der Waals surface area contributed by atoms with Crippen LogP contribution in [0.25, 0.3) is 11.5 Å². The van der Waals surface area contributed by atoms with Crippen LogP contribution in [-0.4, -0.2) is 39.9 Å². The van der Waals surface area contributed by atoms with Crippen LogP contribution in [0.2, 0.25) is 0 Å². The number of rotatable bonds is 6. The molecule has 102 valence electrons. The average molecular weight is 271 g/mol. The van der Waals surface area contributed by atoms with Crippen molar-refractivity contribution in [3.63, 3.8) is 0 Å². The van der Waals surface area contributed by atoms with E-state index in [0.29, 0.717) is 11.4 Å². The van der Waals surface area contributed by atoms with Gasteiger partial charge in [-0.05, 0) is 6.07 Å². The molecule has 0 atom stereocenters. The fourth-order valence-corrected chi connectivity index (χ4v) is 1.37. The lowest BCUT2D eigenvalue weighted by atomic mass is 10.2. The molecule has 0 aliphatic carbocycles. The third-order valence-electron chi connectivity index (χ3n) is 2.21. The summed E-state index contributed by atoms with van der Waals surface area (Å²) in [5.74, 6) is 0.385. The largest absolute Gasteiger partial charge is 0.505 e. The lowest BCUT2D eigenvalue weighted by Crippen LogP contribution is -2.07. The van der Waals surface area contributed by atoms with Crippen molar-refractivity contribution in [1.29, 1.82) is 0 Å². The van der Waals surface area contributed by atoms with Crippen LogP contribution in [0.3, 0.4) is 0 Å². The van der Waals surface area contributed by atoms with Crippen LogP contribution in [0.15, 0.2) is 23.0 Å². The van der Waals surface area contributed by atoms with Gasteiger partial charge in [0.2, 0.25) is 0 Å². The van der Waals surface area contributed by atoms with Crippen LogP contribution in [0.4, 0.5) is 8.78 Å². The summed E-state index contributed by atoms with van der Waals surface area (Å²) in [5.41, 5.74) is 0.363. The smallest absolute Gasteiger partial charge is 0.261 e. The van der Waals surface area contributed by atoms with Crippen LogP contribution in [-0.2, 0) is 11.2 Å². The number of ether oxygens (including phenoxy) is 1. The van der Waals surface area contributed by atoms with E-state index in [9.17, 15) is 13.9 Å². The summed E-state index contributed by atoms with van der Waals surface area (Å²) in [5, 5.41) is 13.2. The summed E-state index contributed by atoms with van der Waals surface area (Å²) in [7, 11) is 0. The number of halogens is 2. The van der Waals surface area contributed by atoms with E-state index >= 15 is 0 Å². The SMILES string of the molecule is Oc1cnccc1-c1nc(CCOCC(F)F)no1. The Morgan fingerprint density at radius 3 is 3.00 bits per heavy atom. The quantitative estimate of drug-likeness (QED) is 0.805. The first-order chi connectivity index (χ1) is 9.16. The normalized spacial score (nSPS) is 11.1. The van der Waals surface area contributed by atoms with Gasteiger partial charge in [0, 0.05) is 12.6 Å². The van der Waals surface area contributed by atoms with Gasteiger partial charge in [0.05, 0.1) is 18.4 Å². The highest BCUT2D eigenvalue weighted by Crippen LogP contribution is 2.25. The molecular formula is C11H11F2N3O3. The number of hydrogen-bond donors (Lipinski definition) is 1. The van der Waals surface area contributed by atoms with E-state index in [2.05, 4.69) is 15.1 Å². The Kier molecular flexibility index (Phi) is 4.35. The van der Waals surface area contributed by atoms with Gasteiger partial charge in [0.25, 0.3) is 12.3 Å². The number of alkyl halides is 2. The molecule has 0 aliphatic heterocycles. The first kappa shape index (κ1) is 13.3. The van der Waals surface area contributed by atoms with Gasteiger partial charge in [-0.15, -0.1) is 0 Å². The van der Waals surface area contributed by atoms with Crippen LogP contribution in [0.1, 0.15) is 5.82 Å². The van der Waals surface area contributed by atoms with Crippen molar-refractivity contribution in [2.75, 3.05) is 13.2 Å². The van der Waals surface area contributed by atoms with Crippen molar-refractivity contribution in [2.45, 2.75) is 12.8 Å². The molecule has 0 unspecified atom stereocenters. The maximum Gasteiger partial charge on any atom is 0.261 e. The van der Waals surface area contributed by atoms with Gasteiger partial charge in [0.15, 0.2) is 5.82 Å². The summed E-state index contributed by atoms with van der Waals surface area (Å²) in [6.07, 6.45) is 0.493. The number of nitrogens with zero attached hydrogens (tertiary/aromatic N) is 3. The molecule has 2 heterocycles. The second-order valence-corrected chi connectivity index (χ2v) is 3.62. The number of pyridine rings is 1. The molecule has 6 nitrogen and oxygen atoms in total. The lowest BCUT2D eigenvalue weighted by Gasteiger charge is -1.99. The fourth-order valence-electron chi connectivity index (χ4n) is 1.37. The van der Waals surface area contributed by atoms with Crippen LogP contribution in [0, 0.1) is 0 Å². The Morgan fingerprint density at radius 1 is 1.42 bits per heavy atom. The molecule has 0 aliphatic rings. The monoisotopic (exact) mass is 271 g/mol. The highest BCUT2D eigenvalue weighted by Gasteiger charge is 2.12. The molecule has 0 saturated heterocycles. The van der Waals surface area contributed by atoms with E-state index in [4.69, 9.17) is 9.26 Å². The maximum atomic E-state index is 11.8. The van der Waals surface area contributed by atoms with Crippen molar-refractivity contribution >= 4 is 0 Å². The summed E-state index contributed by atoms with van der Waals surface area (Å²) < 4.78 is 33.3. The molecule has 0 radical (unpaired) electrons. The van der Waals surface area contributed by atoms with Gasteiger partial charge < -0.3 is 14.4 Å². The predicted molar refractivity (Wildman–Crippen MR) is 59.7 cm³/mol. The third kappa shape index (κ3) is 3.68. The van der Waals surface area contributed by atoms with Gasteiger partial charge in [-0.25, -0.2) is 8.78 Å². The highest BCUT2D eigenvalue weighted by atomic mass is 19.3. The molecule has 0 fully saturated rings. The van der Waals surface area contributed by atoms with Crippen molar-refractivity contribution < 1.29 is 23.1 Å². The Hall–Kier alpha value is -2.09. The van der Waals surface area contributed by atoms with Crippen LogP contribution < -0.4 is 0 Å². The Bertz CT molecular complexity index is 533. The van der Waals surface area contributed by atoms with E-state index in [1.165, 1.54) is 18.5 Å². The molecule has 8 heteroatoms. The van der Waals surface area contributed by atoms with E-state index in [1.54, 1.807) is 0 Å². The first-order valence-electron chi connectivity index (χ1n) is 5.48. The van der Waals surface area contributed by atoms with Gasteiger partial charge in [0.1, 0.15) is 12.4 Å². The van der Waals surface area contributed by atoms with Crippen LogP contribution >= 0.6 is 0 Å². The van der Waals surface area contributed by atoms with Crippen LogP contribution in [0.5, 0.6) is 5.75 Å². The third-order valence-corrected chi connectivity index (χ3v) is 2.21. The number of aromatic nitrogens is 3. The Morgan fingerprint density at radius 2 is 2.26 bits per heavy atom. The lowest BCUT2D eigenvalue weighted by molar-refractivity contribution is 0.0182. The molecule has 2 aromatic heterocycles. The van der Waals surface area contributed by atoms with Gasteiger partial charge in [-0.2, -0.15) is 4.98 Å². The molecule has 0 amide bonds. The molecule has 19 heavy (non-hydrogen) atoms. The summed E-state index contributed by atoms with van der Waals surface area (Å²) in [6, 6.07) is 1.53. The molecular weight excluding hydrogens is 260 g/mol. The predicted octanol–water partition coefficient (Wildman–Crippen LogP) is 1.66. The molecule has 1 N–H and O–H groups in total. The molecule has 0 saturated carbocycles. The molecule has 2 rings (SSSR count). The van der Waals surface area contributed by atoms with E-state index in [-0.39, 0.29) is 24.7 Å². The second kappa shape index (κ2) is 6.19. The average Bonchev–Trinajstić information content (AvgIpc) is 2.83. The van der Waals surface area contributed by atoms with Crippen molar-refractivity contribution in [3.05, 3.63) is 24.3 Å². The number of aromatic hydroxyl groups is 1. The molecule has 0 aromatic carbocycles. The zero-order valence-corrected chi connectivity index (χ0v) is 9.79. The zero-order chi connectivity index (χ0) is 13.7. The maximum absolute atomic E-state index is 11.8. The van der Waals surface area contributed by atoms with E-state index in [0.717, 1.165) is 0 Å². The Labute approximate surface area is 107 Å². The van der Waals surface area contributed by atoms with E-state index in [1.807, 2.05) is 0 Å². The number of hydrogen-bond acceptors (Lipinski definition) is 6. The van der Waals surface area contributed by atoms with Gasteiger partial charge >= 0.3 is 0 Å². The van der Waals surface area contributed by atoms with Crippen molar-refractivity contribution in [3.8, 4) is 17.2 Å². The second-order valence-electron chi connectivity index (χ2n) is 3.62. The van der Waals surface area contributed by atoms with Gasteiger partial charge in [-0.3, -0.25) is 4.98 Å². The topological polar surface area (TPSA) is 81.3 Å². The molecule has 0 bridgehead atoms. The van der Waals surface area contributed by atoms with E-state index < -0.39 is 13.0 Å². The standard InChI is InChI=1S/C11H11F2N3O3/c12-9(13)6-18-4-2-10-15-11(19-16-10)7-1-3-14-5-8(7)17/h1,3,5,9,17H,2,4,6H2. The van der Waals surface area contributed by atoms with Crippen molar-refractivity contribution in [2.24, 2.45) is 0 Å².